The molecule has 0 aromatic rings. The molecule has 0 N–H and O–H groups in total. The average Bonchev–Trinajstić information content (AvgIpc) is 2.84. The first-order chi connectivity index (χ1) is 6.81. The molecule has 0 spiro atoms. The molecule has 2 fully saturated rings. The molecule has 0 aromatic carbocycles. The number of halogens is 1. The fourth-order valence-corrected chi connectivity index (χ4v) is 2.17. The van der Waals surface area contributed by atoms with Crippen molar-refractivity contribution >= 4 is 17.5 Å². The van der Waals surface area contributed by atoms with E-state index in [4.69, 9.17) is 11.6 Å². The van der Waals surface area contributed by atoms with Gasteiger partial charge in [-0.3, -0.25) is 4.79 Å². The fraction of sp³-hybridized carbons (Fsp3) is 0.909. The van der Waals surface area contributed by atoms with Crippen LogP contribution >= 0.6 is 11.6 Å². The van der Waals surface area contributed by atoms with Crippen LogP contribution in [-0.4, -0.2) is 29.3 Å². The second-order valence-electron chi connectivity index (χ2n) is 4.51. The largest absolute Gasteiger partial charge is 0.339 e. The van der Waals surface area contributed by atoms with Gasteiger partial charge >= 0.3 is 0 Å². The Labute approximate surface area is 90.6 Å². The van der Waals surface area contributed by atoms with Crippen LogP contribution in [0.2, 0.25) is 0 Å². The smallest absolute Gasteiger partial charge is 0.223 e. The zero-order valence-electron chi connectivity index (χ0n) is 8.54. The molecule has 3 heteroatoms. The Kier molecular flexibility index (Phi) is 3.32. The van der Waals surface area contributed by atoms with Gasteiger partial charge in [-0.1, -0.05) is 0 Å². The standard InChI is InChI=1S/C11H18ClNO/c12-6-7-13(10-2-1-3-10)11(14)8-9-4-5-9/h9-10H,1-8H2. The van der Waals surface area contributed by atoms with Crippen molar-refractivity contribution in [1.82, 2.24) is 4.90 Å². The van der Waals surface area contributed by atoms with Crippen LogP contribution in [0.1, 0.15) is 38.5 Å². The molecule has 0 bridgehead atoms. The summed E-state index contributed by atoms with van der Waals surface area (Å²) in [6.45, 7) is 0.748. The maximum absolute atomic E-state index is 11.9. The first-order valence-electron chi connectivity index (χ1n) is 5.66. The highest BCUT2D eigenvalue weighted by atomic mass is 35.5. The molecule has 2 rings (SSSR count). The monoisotopic (exact) mass is 215 g/mol. The maximum Gasteiger partial charge on any atom is 0.223 e. The first kappa shape index (κ1) is 10.3. The molecule has 80 valence electrons. The molecule has 0 aromatic heterocycles. The van der Waals surface area contributed by atoms with Gasteiger partial charge in [0.1, 0.15) is 0 Å². The number of nitrogens with zero attached hydrogens (tertiary/aromatic N) is 1. The summed E-state index contributed by atoms with van der Waals surface area (Å²) in [6.07, 6.45) is 6.93. The second kappa shape index (κ2) is 4.52. The van der Waals surface area contributed by atoms with Gasteiger partial charge in [0.2, 0.25) is 5.91 Å². The molecule has 2 saturated carbocycles. The maximum atomic E-state index is 11.9. The molecule has 14 heavy (non-hydrogen) atoms. The Balaban J connectivity index is 1.83. The highest BCUT2D eigenvalue weighted by Gasteiger charge is 2.32. The van der Waals surface area contributed by atoms with Gasteiger partial charge in [-0.05, 0) is 38.0 Å². The van der Waals surface area contributed by atoms with Crippen LogP contribution in [0.15, 0.2) is 0 Å². The van der Waals surface area contributed by atoms with Crippen LogP contribution in [0, 0.1) is 5.92 Å². The number of alkyl halides is 1. The Bertz CT molecular complexity index is 211. The lowest BCUT2D eigenvalue weighted by molar-refractivity contribution is -0.135. The molecule has 2 nitrogen and oxygen atoms in total. The number of hydrogen-bond donors (Lipinski definition) is 0. The van der Waals surface area contributed by atoms with Crippen molar-refractivity contribution in [2.75, 3.05) is 12.4 Å². The van der Waals surface area contributed by atoms with E-state index < -0.39 is 0 Å². The minimum Gasteiger partial charge on any atom is -0.339 e. The predicted octanol–water partition coefficient (Wildman–Crippen LogP) is 2.41. The van der Waals surface area contributed by atoms with E-state index in [1.54, 1.807) is 0 Å². The van der Waals surface area contributed by atoms with Gasteiger partial charge in [0, 0.05) is 24.9 Å². The van der Waals surface area contributed by atoms with Gasteiger partial charge in [-0.15, -0.1) is 11.6 Å². The van der Waals surface area contributed by atoms with Crippen molar-refractivity contribution in [2.24, 2.45) is 5.92 Å². The lowest BCUT2D eigenvalue weighted by atomic mass is 9.91. The molecule has 1 amide bonds. The van der Waals surface area contributed by atoms with E-state index in [9.17, 15) is 4.79 Å². The second-order valence-corrected chi connectivity index (χ2v) is 4.89. The third kappa shape index (κ3) is 2.41. The van der Waals surface area contributed by atoms with Crippen molar-refractivity contribution in [1.29, 1.82) is 0 Å². The van der Waals surface area contributed by atoms with E-state index in [2.05, 4.69) is 0 Å². The topological polar surface area (TPSA) is 20.3 Å². The number of carbonyl (C=O) groups excluding carboxylic acids is 1. The van der Waals surface area contributed by atoms with Crippen molar-refractivity contribution in [3.05, 3.63) is 0 Å². The molecule has 2 aliphatic carbocycles. The Hall–Kier alpha value is -0.240. The summed E-state index contributed by atoms with van der Waals surface area (Å²) in [5.41, 5.74) is 0. The van der Waals surface area contributed by atoms with E-state index in [0.29, 0.717) is 23.7 Å². The minimum absolute atomic E-state index is 0.345. The van der Waals surface area contributed by atoms with Gasteiger partial charge in [0.05, 0.1) is 0 Å². The lowest BCUT2D eigenvalue weighted by Gasteiger charge is -2.37. The van der Waals surface area contributed by atoms with E-state index >= 15 is 0 Å². The molecule has 0 saturated heterocycles. The van der Waals surface area contributed by atoms with Crippen molar-refractivity contribution < 1.29 is 4.79 Å². The van der Waals surface area contributed by atoms with E-state index in [1.807, 2.05) is 4.90 Å². The number of amides is 1. The van der Waals surface area contributed by atoms with Crippen LogP contribution in [0.4, 0.5) is 0 Å². The summed E-state index contributed by atoms with van der Waals surface area (Å²) in [5, 5.41) is 0. The quantitative estimate of drug-likeness (QED) is 0.645. The lowest BCUT2D eigenvalue weighted by Crippen LogP contribution is -2.45. The van der Waals surface area contributed by atoms with Crippen molar-refractivity contribution in [3.8, 4) is 0 Å². The third-order valence-electron chi connectivity index (χ3n) is 3.32. The van der Waals surface area contributed by atoms with Crippen LogP contribution in [0.5, 0.6) is 0 Å². The Morgan fingerprint density at radius 1 is 1.29 bits per heavy atom. The van der Waals surface area contributed by atoms with Gasteiger partial charge in [-0.2, -0.15) is 0 Å². The molecular formula is C11H18ClNO. The van der Waals surface area contributed by atoms with Gasteiger partial charge in [0.15, 0.2) is 0 Å². The van der Waals surface area contributed by atoms with Gasteiger partial charge in [-0.25, -0.2) is 0 Å². The van der Waals surface area contributed by atoms with Gasteiger partial charge in [0.25, 0.3) is 0 Å². The summed E-state index contributed by atoms with van der Waals surface area (Å²) in [6, 6.07) is 0.514. The predicted molar refractivity (Wildman–Crippen MR) is 57.4 cm³/mol. The minimum atomic E-state index is 0.345. The number of rotatable bonds is 5. The molecular weight excluding hydrogens is 198 g/mol. The molecule has 2 aliphatic rings. The summed E-state index contributed by atoms with van der Waals surface area (Å²) in [5.74, 6) is 1.62. The summed E-state index contributed by atoms with van der Waals surface area (Å²) >= 11 is 5.72. The van der Waals surface area contributed by atoms with Gasteiger partial charge < -0.3 is 4.90 Å². The highest BCUT2D eigenvalue weighted by molar-refractivity contribution is 6.18. The van der Waals surface area contributed by atoms with E-state index in [1.165, 1.54) is 32.1 Å². The van der Waals surface area contributed by atoms with Crippen molar-refractivity contribution in [3.63, 3.8) is 0 Å². The Morgan fingerprint density at radius 2 is 2.00 bits per heavy atom. The zero-order valence-corrected chi connectivity index (χ0v) is 9.30. The number of hydrogen-bond acceptors (Lipinski definition) is 1. The molecule has 0 atom stereocenters. The van der Waals surface area contributed by atoms with Crippen LogP contribution < -0.4 is 0 Å². The fourth-order valence-electron chi connectivity index (χ4n) is 1.99. The summed E-state index contributed by atoms with van der Waals surface area (Å²) in [4.78, 5) is 13.9. The highest BCUT2D eigenvalue weighted by Crippen LogP contribution is 2.34. The average molecular weight is 216 g/mol. The Morgan fingerprint density at radius 3 is 2.43 bits per heavy atom. The van der Waals surface area contributed by atoms with E-state index in [-0.39, 0.29) is 0 Å². The van der Waals surface area contributed by atoms with Crippen LogP contribution in [0.3, 0.4) is 0 Å². The normalized spacial score (nSPS) is 21.8. The van der Waals surface area contributed by atoms with E-state index in [0.717, 1.165) is 13.0 Å². The van der Waals surface area contributed by atoms with Crippen molar-refractivity contribution in [2.45, 2.75) is 44.6 Å². The molecule has 0 unspecified atom stereocenters. The first-order valence-corrected chi connectivity index (χ1v) is 6.20. The molecule has 0 heterocycles. The molecule has 0 radical (unpaired) electrons. The third-order valence-corrected chi connectivity index (χ3v) is 3.49. The zero-order chi connectivity index (χ0) is 9.97. The van der Waals surface area contributed by atoms with Crippen LogP contribution in [0.25, 0.3) is 0 Å². The van der Waals surface area contributed by atoms with Crippen LogP contribution in [-0.2, 0) is 4.79 Å². The number of carbonyl (C=O) groups is 1. The molecule has 0 aliphatic heterocycles. The summed E-state index contributed by atoms with van der Waals surface area (Å²) in [7, 11) is 0. The SMILES string of the molecule is O=C(CC1CC1)N(CCCl)C1CCC1. The summed E-state index contributed by atoms with van der Waals surface area (Å²) < 4.78 is 0.